The molecule has 1 N–H and O–H groups in total. The Morgan fingerprint density at radius 3 is 2.34 bits per heavy atom. The lowest BCUT2D eigenvalue weighted by atomic mass is 10.1. The molecule has 3 rings (SSSR count). The van der Waals surface area contributed by atoms with E-state index in [2.05, 4.69) is 10.2 Å². The molecular weight excluding hydrogens is 387 g/mol. The Kier molecular flexibility index (Phi) is 6.71. The van der Waals surface area contributed by atoms with Gasteiger partial charge in [-0.2, -0.15) is 13.2 Å². The molecule has 1 fully saturated rings. The molecule has 0 aliphatic carbocycles. The largest absolute Gasteiger partial charge is 0.417 e. The third-order valence-corrected chi connectivity index (χ3v) is 4.65. The fraction of sp³-hybridized carbons (Fsp3) is 0.400. The Hall–Kier alpha value is -2.65. The van der Waals surface area contributed by atoms with E-state index < -0.39 is 29.8 Å². The molecule has 29 heavy (non-hydrogen) atoms. The van der Waals surface area contributed by atoms with E-state index in [0.29, 0.717) is 12.3 Å². The number of hydrogen-bond acceptors (Lipinski definition) is 4. The number of pyridine rings is 1. The van der Waals surface area contributed by atoms with Crippen molar-refractivity contribution in [3.63, 3.8) is 0 Å². The zero-order chi connectivity index (χ0) is 20.9. The summed E-state index contributed by atoms with van der Waals surface area (Å²) < 4.78 is 44.4. The van der Waals surface area contributed by atoms with Crippen LogP contribution in [0.5, 0.6) is 0 Å². The van der Waals surface area contributed by atoms with E-state index in [1.807, 2.05) is 24.3 Å². The van der Waals surface area contributed by atoms with Gasteiger partial charge in [0.15, 0.2) is 0 Å². The molecular formula is C20H22F3N3O3. The van der Waals surface area contributed by atoms with Crippen LogP contribution in [0.15, 0.2) is 47.4 Å². The quantitative estimate of drug-likeness (QED) is 0.793. The minimum Gasteiger partial charge on any atom is -0.379 e. The van der Waals surface area contributed by atoms with Crippen LogP contribution < -0.4 is 10.9 Å². The normalized spacial score (nSPS) is 15.3. The zero-order valence-electron chi connectivity index (χ0n) is 15.7. The predicted octanol–water partition coefficient (Wildman–Crippen LogP) is 2.02. The molecule has 9 heteroatoms. The van der Waals surface area contributed by atoms with Crippen molar-refractivity contribution in [2.24, 2.45) is 0 Å². The fourth-order valence-corrected chi connectivity index (χ4v) is 3.01. The molecule has 1 saturated heterocycles. The smallest absolute Gasteiger partial charge is 0.379 e. The molecule has 2 aromatic rings. The van der Waals surface area contributed by atoms with Crippen LogP contribution in [0.1, 0.15) is 16.7 Å². The summed E-state index contributed by atoms with van der Waals surface area (Å²) in [5.41, 5.74) is 0.374. The summed E-state index contributed by atoms with van der Waals surface area (Å²) in [7, 11) is 0. The van der Waals surface area contributed by atoms with Crippen molar-refractivity contribution < 1.29 is 22.7 Å². The minimum absolute atomic E-state index is 0.227. The van der Waals surface area contributed by atoms with Crippen LogP contribution >= 0.6 is 0 Å². The average molecular weight is 409 g/mol. The molecule has 1 aromatic heterocycles. The van der Waals surface area contributed by atoms with Gasteiger partial charge < -0.3 is 14.6 Å². The lowest BCUT2D eigenvalue weighted by molar-refractivity contribution is -0.138. The molecule has 0 atom stereocenters. The standard InChI is InChI=1S/C20H22F3N3O3/c21-20(22,23)17-5-6-19(28)26(13-17)14-18(27)24-11-15-1-3-16(4-2-15)12-25-7-9-29-10-8-25/h1-6,13H,7-12,14H2,(H,24,27). The number of aromatic nitrogens is 1. The third kappa shape index (κ3) is 6.16. The number of rotatable bonds is 6. The number of nitrogens with zero attached hydrogens (tertiary/aromatic N) is 2. The second-order valence-corrected chi connectivity index (χ2v) is 6.86. The van der Waals surface area contributed by atoms with E-state index >= 15 is 0 Å². The van der Waals surface area contributed by atoms with Crippen molar-refractivity contribution in [2.75, 3.05) is 26.3 Å². The number of carbonyl (C=O) groups is 1. The highest BCUT2D eigenvalue weighted by atomic mass is 19.4. The first-order valence-corrected chi connectivity index (χ1v) is 9.23. The van der Waals surface area contributed by atoms with E-state index in [-0.39, 0.29) is 6.54 Å². The van der Waals surface area contributed by atoms with E-state index in [9.17, 15) is 22.8 Å². The lowest BCUT2D eigenvalue weighted by Crippen LogP contribution is -2.35. The highest BCUT2D eigenvalue weighted by Gasteiger charge is 2.31. The third-order valence-electron chi connectivity index (χ3n) is 4.65. The first kappa shape index (κ1) is 21.1. The zero-order valence-corrected chi connectivity index (χ0v) is 15.7. The van der Waals surface area contributed by atoms with Gasteiger partial charge in [0.25, 0.3) is 5.56 Å². The van der Waals surface area contributed by atoms with Gasteiger partial charge >= 0.3 is 6.18 Å². The molecule has 0 radical (unpaired) electrons. The second kappa shape index (κ2) is 9.23. The van der Waals surface area contributed by atoms with Crippen LogP contribution in [-0.2, 0) is 35.3 Å². The summed E-state index contributed by atoms with van der Waals surface area (Å²) >= 11 is 0. The Morgan fingerprint density at radius 2 is 1.69 bits per heavy atom. The minimum atomic E-state index is -4.57. The molecule has 1 amide bonds. The Morgan fingerprint density at radius 1 is 1.03 bits per heavy atom. The van der Waals surface area contributed by atoms with E-state index in [1.165, 1.54) is 0 Å². The summed E-state index contributed by atoms with van der Waals surface area (Å²) in [6.45, 7) is 3.84. The number of nitrogens with one attached hydrogen (secondary N) is 1. The lowest BCUT2D eigenvalue weighted by Gasteiger charge is -2.26. The maximum atomic E-state index is 12.8. The van der Waals surface area contributed by atoms with Gasteiger partial charge in [-0.15, -0.1) is 0 Å². The number of hydrogen-bond donors (Lipinski definition) is 1. The Balaban J connectivity index is 1.52. The van der Waals surface area contributed by atoms with Crippen molar-refractivity contribution >= 4 is 5.91 Å². The van der Waals surface area contributed by atoms with E-state index in [0.717, 1.165) is 54.6 Å². The number of halogens is 3. The van der Waals surface area contributed by atoms with Crippen LogP contribution in [0.4, 0.5) is 13.2 Å². The van der Waals surface area contributed by atoms with Crippen LogP contribution in [0.25, 0.3) is 0 Å². The van der Waals surface area contributed by atoms with Crippen LogP contribution in [0.3, 0.4) is 0 Å². The predicted molar refractivity (Wildman–Crippen MR) is 100 cm³/mol. The fourth-order valence-electron chi connectivity index (χ4n) is 3.01. The van der Waals surface area contributed by atoms with Gasteiger partial charge in [0.05, 0.1) is 18.8 Å². The Labute approximate surface area is 165 Å². The summed E-state index contributed by atoms with van der Waals surface area (Å²) in [5, 5.41) is 2.63. The van der Waals surface area contributed by atoms with Crippen molar-refractivity contribution in [3.05, 3.63) is 69.6 Å². The molecule has 2 heterocycles. The molecule has 0 unspecified atom stereocenters. The van der Waals surface area contributed by atoms with Crippen LogP contribution in [0.2, 0.25) is 0 Å². The van der Waals surface area contributed by atoms with Gasteiger partial charge in [0.2, 0.25) is 5.91 Å². The summed E-state index contributed by atoms with van der Waals surface area (Å²) in [4.78, 5) is 26.1. The average Bonchev–Trinajstić information content (AvgIpc) is 2.69. The monoisotopic (exact) mass is 409 g/mol. The molecule has 0 spiro atoms. The number of ether oxygens (including phenoxy) is 1. The van der Waals surface area contributed by atoms with Gasteiger partial charge in [-0.05, 0) is 17.2 Å². The van der Waals surface area contributed by atoms with E-state index in [4.69, 9.17) is 4.74 Å². The molecule has 1 aliphatic rings. The maximum absolute atomic E-state index is 12.8. The van der Waals surface area contributed by atoms with Gasteiger partial charge in [0.1, 0.15) is 6.54 Å². The molecule has 0 bridgehead atoms. The van der Waals surface area contributed by atoms with Crippen molar-refractivity contribution in [1.82, 2.24) is 14.8 Å². The van der Waals surface area contributed by atoms with Crippen molar-refractivity contribution in [3.8, 4) is 0 Å². The van der Waals surface area contributed by atoms with Gasteiger partial charge in [-0.3, -0.25) is 14.5 Å². The molecule has 1 aromatic carbocycles. The summed E-state index contributed by atoms with van der Waals surface area (Å²) in [6, 6.07) is 9.26. The SMILES string of the molecule is O=C(Cn1cc(C(F)(F)F)ccc1=O)NCc1ccc(CN2CCOCC2)cc1. The molecule has 156 valence electrons. The van der Waals surface area contributed by atoms with Crippen LogP contribution in [-0.4, -0.2) is 41.7 Å². The number of carbonyl (C=O) groups excluding carboxylic acids is 1. The maximum Gasteiger partial charge on any atom is 0.417 e. The first-order valence-electron chi connectivity index (χ1n) is 9.23. The van der Waals surface area contributed by atoms with E-state index in [1.54, 1.807) is 0 Å². The summed E-state index contributed by atoms with van der Waals surface area (Å²) in [5.74, 6) is -0.538. The van der Waals surface area contributed by atoms with Crippen molar-refractivity contribution in [2.45, 2.75) is 25.8 Å². The number of amides is 1. The Bertz CT molecular complexity index is 888. The highest BCUT2D eigenvalue weighted by Crippen LogP contribution is 2.27. The number of morpholine rings is 1. The van der Waals surface area contributed by atoms with Gasteiger partial charge in [-0.25, -0.2) is 0 Å². The molecule has 0 saturated carbocycles. The molecule has 6 nitrogen and oxygen atoms in total. The van der Waals surface area contributed by atoms with Crippen LogP contribution in [0, 0.1) is 0 Å². The van der Waals surface area contributed by atoms with Gasteiger partial charge in [0, 0.05) is 38.4 Å². The van der Waals surface area contributed by atoms with Gasteiger partial charge in [-0.1, -0.05) is 24.3 Å². The highest BCUT2D eigenvalue weighted by molar-refractivity contribution is 5.75. The number of benzene rings is 1. The topological polar surface area (TPSA) is 63.6 Å². The van der Waals surface area contributed by atoms with Crippen molar-refractivity contribution in [1.29, 1.82) is 0 Å². The first-order chi connectivity index (χ1) is 13.8. The second-order valence-electron chi connectivity index (χ2n) is 6.86. The molecule has 1 aliphatic heterocycles. The number of alkyl halides is 3. The summed E-state index contributed by atoms with van der Waals surface area (Å²) in [6.07, 6.45) is -3.92.